The summed E-state index contributed by atoms with van der Waals surface area (Å²) in [6.07, 6.45) is 1.65. The highest BCUT2D eigenvalue weighted by Crippen LogP contribution is 2.34. The topological polar surface area (TPSA) is 43.6 Å². The largest absolute Gasteiger partial charge is 0.493 e. The molecular formula is C20H19Cl2NO3. The Morgan fingerprint density at radius 2 is 1.77 bits per heavy atom. The van der Waals surface area contributed by atoms with E-state index in [1.165, 1.54) is 0 Å². The van der Waals surface area contributed by atoms with Crippen molar-refractivity contribution in [3.8, 4) is 11.5 Å². The molecule has 0 saturated heterocycles. The number of nitrogens with one attached hydrogen (secondary N) is 1. The molecule has 0 bridgehead atoms. The molecule has 0 aliphatic carbocycles. The van der Waals surface area contributed by atoms with Gasteiger partial charge in [-0.2, -0.15) is 0 Å². The fourth-order valence-corrected chi connectivity index (χ4v) is 2.90. The summed E-state index contributed by atoms with van der Waals surface area (Å²) in [5.74, 6) is 2.07. The SMILES string of the molecule is COc1cc(CNCc2ccco2)c(Cl)cc1OCc1ccccc1Cl. The van der Waals surface area contributed by atoms with Gasteiger partial charge in [0.2, 0.25) is 0 Å². The van der Waals surface area contributed by atoms with Crippen molar-refractivity contribution in [3.05, 3.63) is 81.7 Å². The summed E-state index contributed by atoms with van der Waals surface area (Å²) >= 11 is 12.6. The first-order valence-corrected chi connectivity index (χ1v) is 8.88. The molecule has 0 saturated carbocycles. The fourth-order valence-electron chi connectivity index (χ4n) is 2.49. The van der Waals surface area contributed by atoms with Crippen LogP contribution < -0.4 is 14.8 Å². The van der Waals surface area contributed by atoms with Crippen molar-refractivity contribution in [1.29, 1.82) is 0 Å². The maximum absolute atomic E-state index is 6.41. The van der Waals surface area contributed by atoms with Crippen LogP contribution in [-0.4, -0.2) is 7.11 Å². The van der Waals surface area contributed by atoms with E-state index < -0.39 is 0 Å². The van der Waals surface area contributed by atoms with Gasteiger partial charge in [-0.1, -0.05) is 41.4 Å². The number of rotatable bonds is 8. The summed E-state index contributed by atoms with van der Waals surface area (Å²) in [7, 11) is 1.60. The van der Waals surface area contributed by atoms with Gasteiger partial charge in [-0.15, -0.1) is 0 Å². The summed E-state index contributed by atoms with van der Waals surface area (Å²) in [6.45, 7) is 1.54. The van der Waals surface area contributed by atoms with E-state index in [1.807, 2.05) is 42.5 Å². The Morgan fingerprint density at radius 1 is 0.923 bits per heavy atom. The molecule has 0 aliphatic rings. The third kappa shape index (κ3) is 4.73. The van der Waals surface area contributed by atoms with Crippen molar-refractivity contribution in [2.75, 3.05) is 7.11 Å². The van der Waals surface area contributed by atoms with E-state index in [9.17, 15) is 0 Å². The molecule has 26 heavy (non-hydrogen) atoms. The van der Waals surface area contributed by atoms with Crippen molar-refractivity contribution in [1.82, 2.24) is 5.32 Å². The van der Waals surface area contributed by atoms with E-state index in [2.05, 4.69) is 5.32 Å². The van der Waals surface area contributed by atoms with E-state index in [4.69, 9.17) is 37.1 Å². The highest BCUT2D eigenvalue weighted by atomic mass is 35.5. The number of ether oxygens (including phenoxy) is 2. The van der Waals surface area contributed by atoms with E-state index in [-0.39, 0.29) is 0 Å². The highest BCUT2D eigenvalue weighted by molar-refractivity contribution is 6.31. The lowest BCUT2D eigenvalue weighted by atomic mass is 10.2. The molecule has 3 aromatic rings. The second-order valence-electron chi connectivity index (χ2n) is 5.66. The van der Waals surface area contributed by atoms with Crippen LogP contribution in [0.5, 0.6) is 11.5 Å². The third-order valence-corrected chi connectivity index (χ3v) is 4.59. The Balaban J connectivity index is 1.67. The maximum atomic E-state index is 6.41. The van der Waals surface area contributed by atoms with Crippen LogP contribution in [0.15, 0.2) is 59.2 Å². The molecule has 4 nitrogen and oxygen atoms in total. The Morgan fingerprint density at radius 3 is 2.50 bits per heavy atom. The molecule has 0 fully saturated rings. The minimum absolute atomic E-state index is 0.336. The van der Waals surface area contributed by atoms with Gasteiger partial charge in [0.1, 0.15) is 12.4 Å². The van der Waals surface area contributed by atoms with Gasteiger partial charge in [-0.05, 0) is 29.8 Å². The summed E-state index contributed by atoms with van der Waals surface area (Å²) in [5.41, 5.74) is 1.82. The first-order chi connectivity index (χ1) is 12.7. The lowest BCUT2D eigenvalue weighted by molar-refractivity contribution is 0.284. The van der Waals surface area contributed by atoms with Gasteiger partial charge < -0.3 is 19.2 Å². The van der Waals surface area contributed by atoms with Crippen LogP contribution in [0.3, 0.4) is 0 Å². The smallest absolute Gasteiger partial charge is 0.163 e. The highest BCUT2D eigenvalue weighted by Gasteiger charge is 2.12. The van der Waals surface area contributed by atoms with Gasteiger partial charge in [-0.25, -0.2) is 0 Å². The predicted octanol–water partition coefficient (Wildman–Crippen LogP) is 5.46. The van der Waals surface area contributed by atoms with Gasteiger partial charge in [-0.3, -0.25) is 0 Å². The first-order valence-electron chi connectivity index (χ1n) is 8.13. The molecule has 0 amide bonds. The molecule has 3 rings (SSSR count). The van der Waals surface area contributed by atoms with Crippen LogP contribution in [0.2, 0.25) is 10.0 Å². The van der Waals surface area contributed by atoms with Gasteiger partial charge in [0.05, 0.1) is 19.9 Å². The number of benzene rings is 2. The van der Waals surface area contributed by atoms with Crippen molar-refractivity contribution in [2.45, 2.75) is 19.7 Å². The molecular weight excluding hydrogens is 373 g/mol. The zero-order valence-electron chi connectivity index (χ0n) is 14.3. The third-order valence-electron chi connectivity index (χ3n) is 3.87. The quantitative estimate of drug-likeness (QED) is 0.553. The zero-order valence-corrected chi connectivity index (χ0v) is 15.8. The van der Waals surface area contributed by atoms with Crippen molar-refractivity contribution >= 4 is 23.2 Å². The Labute approximate surface area is 162 Å². The molecule has 1 aromatic heterocycles. The van der Waals surface area contributed by atoms with Crippen LogP contribution in [0.25, 0.3) is 0 Å². The molecule has 0 atom stereocenters. The Kier molecular flexibility index (Phi) is 6.45. The van der Waals surface area contributed by atoms with Crippen LogP contribution in [0.4, 0.5) is 0 Å². The van der Waals surface area contributed by atoms with Gasteiger partial charge in [0.25, 0.3) is 0 Å². The van der Waals surface area contributed by atoms with E-state index in [1.54, 1.807) is 19.4 Å². The molecule has 0 aliphatic heterocycles. The van der Waals surface area contributed by atoms with E-state index in [0.29, 0.717) is 41.2 Å². The van der Waals surface area contributed by atoms with Gasteiger partial charge in [0, 0.05) is 28.2 Å². The van der Waals surface area contributed by atoms with Crippen molar-refractivity contribution in [3.63, 3.8) is 0 Å². The number of methoxy groups -OCH3 is 1. The fraction of sp³-hybridized carbons (Fsp3) is 0.200. The summed E-state index contributed by atoms with van der Waals surface area (Å²) in [6, 6.07) is 15.0. The van der Waals surface area contributed by atoms with E-state index >= 15 is 0 Å². The Hall–Kier alpha value is -2.14. The van der Waals surface area contributed by atoms with Crippen LogP contribution in [-0.2, 0) is 19.7 Å². The van der Waals surface area contributed by atoms with Crippen molar-refractivity contribution in [2.24, 2.45) is 0 Å². The lowest BCUT2D eigenvalue weighted by Crippen LogP contribution is -2.12. The summed E-state index contributed by atoms with van der Waals surface area (Å²) in [5, 5.41) is 4.56. The lowest BCUT2D eigenvalue weighted by Gasteiger charge is -2.14. The van der Waals surface area contributed by atoms with Crippen LogP contribution in [0.1, 0.15) is 16.9 Å². The van der Waals surface area contributed by atoms with E-state index in [0.717, 1.165) is 16.9 Å². The molecule has 0 radical (unpaired) electrons. The standard InChI is InChI=1S/C20H19Cl2NO3/c1-24-19-9-15(11-23-12-16-6-4-8-25-16)18(22)10-20(19)26-13-14-5-2-3-7-17(14)21/h2-10,23H,11-13H2,1H3. The zero-order chi connectivity index (χ0) is 18.4. The summed E-state index contributed by atoms with van der Waals surface area (Å²) in [4.78, 5) is 0. The molecule has 6 heteroatoms. The monoisotopic (exact) mass is 391 g/mol. The first kappa shape index (κ1) is 18.6. The maximum Gasteiger partial charge on any atom is 0.163 e. The average Bonchev–Trinajstić information content (AvgIpc) is 3.16. The molecule has 0 unspecified atom stereocenters. The van der Waals surface area contributed by atoms with Crippen LogP contribution in [0, 0.1) is 0 Å². The Bertz CT molecular complexity index is 850. The van der Waals surface area contributed by atoms with Gasteiger partial charge in [0.15, 0.2) is 11.5 Å². The minimum Gasteiger partial charge on any atom is -0.493 e. The molecule has 1 heterocycles. The van der Waals surface area contributed by atoms with Gasteiger partial charge >= 0.3 is 0 Å². The van der Waals surface area contributed by atoms with Crippen LogP contribution >= 0.6 is 23.2 Å². The second kappa shape index (κ2) is 8.99. The normalized spacial score (nSPS) is 10.7. The molecule has 136 valence electrons. The number of halogens is 2. The molecule has 0 spiro atoms. The minimum atomic E-state index is 0.336. The summed E-state index contributed by atoms with van der Waals surface area (Å²) < 4.78 is 16.6. The number of furan rings is 1. The average molecular weight is 392 g/mol. The van der Waals surface area contributed by atoms with Crippen molar-refractivity contribution < 1.29 is 13.9 Å². The predicted molar refractivity (Wildman–Crippen MR) is 103 cm³/mol. The number of hydrogen-bond donors (Lipinski definition) is 1. The molecule has 2 aromatic carbocycles. The number of hydrogen-bond acceptors (Lipinski definition) is 4. The second-order valence-corrected chi connectivity index (χ2v) is 6.47. The molecule has 1 N–H and O–H groups in total.